The number of carbonyl (C=O) groups is 1. The summed E-state index contributed by atoms with van der Waals surface area (Å²) in [5.74, 6) is 0.536. The van der Waals surface area contributed by atoms with Gasteiger partial charge >= 0.3 is 0 Å². The van der Waals surface area contributed by atoms with Crippen molar-refractivity contribution in [2.45, 2.75) is 26.3 Å². The minimum absolute atomic E-state index is 0.0470. The van der Waals surface area contributed by atoms with Crippen molar-refractivity contribution in [2.75, 3.05) is 19.6 Å². The molecule has 1 atom stereocenters. The number of carbonyl (C=O) groups excluding carboxylic acids is 1. The molecule has 1 aliphatic heterocycles. The van der Waals surface area contributed by atoms with Gasteiger partial charge in [0.2, 0.25) is 0 Å². The average molecular weight is 253 g/mol. The number of nitrogens with zero attached hydrogens (tertiary/aromatic N) is 2. The highest BCUT2D eigenvalue weighted by Crippen LogP contribution is 2.17. The summed E-state index contributed by atoms with van der Waals surface area (Å²) in [5, 5.41) is 4.75. The minimum Gasteiger partial charge on any atom is -0.350 e. The molecule has 1 saturated heterocycles. The molecule has 1 aromatic rings. The highest BCUT2D eigenvalue weighted by atomic mass is 32.1. The van der Waals surface area contributed by atoms with Crippen molar-refractivity contribution in [1.82, 2.24) is 15.2 Å². The van der Waals surface area contributed by atoms with E-state index >= 15 is 0 Å². The smallest absolute Gasteiger partial charge is 0.270 e. The number of aromatic nitrogens is 1. The van der Waals surface area contributed by atoms with Crippen LogP contribution in [0.4, 0.5) is 0 Å². The fourth-order valence-electron chi connectivity index (χ4n) is 2.15. The zero-order valence-electron chi connectivity index (χ0n) is 10.3. The highest BCUT2D eigenvalue weighted by Gasteiger charge is 2.24. The van der Waals surface area contributed by atoms with E-state index in [2.05, 4.69) is 29.0 Å². The van der Waals surface area contributed by atoms with Crippen LogP contribution in [0.1, 0.15) is 30.8 Å². The lowest BCUT2D eigenvalue weighted by Gasteiger charge is -2.20. The second-order valence-corrected chi connectivity index (χ2v) is 5.55. The van der Waals surface area contributed by atoms with Gasteiger partial charge in [0.05, 0.1) is 5.51 Å². The van der Waals surface area contributed by atoms with Crippen LogP contribution in [0.2, 0.25) is 0 Å². The maximum Gasteiger partial charge on any atom is 0.270 e. The molecule has 1 aromatic heterocycles. The SMILES string of the molecule is CC(C)N1CCC(CNC(=O)c2cscn2)C1. The van der Waals surface area contributed by atoms with Crippen LogP contribution in [-0.2, 0) is 0 Å². The third-order valence-corrected chi connectivity index (χ3v) is 3.85. The molecule has 1 N–H and O–H groups in total. The van der Waals surface area contributed by atoms with Gasteiger partial charge in [-0.15, -0.1) is 11.3 Å². The first-order valence-electron chi connectivity index (χ1n) is 6.07. The van der Waals surface area contributed by atoms with Crippen molar-refractivity contribution in [1.29, 1.82) is 0 Å². The third kappa shape index (κ3) is 3.26. The quantitative estimate of drug-likeness (QED) is 0.886. The number of likely N-dealkylation sites (tertiary alicyclic amines) is 1. The molecule has 0 aromatic carbocycles. The second-order valence-electron chi connectivity index (χ2n) is 4.83. The molecule has 1 unspecified atom stereocenters. The standard InChI is InChI=1S/C12H19N3OS/c1-9(2)15-4-3-10(6-15)5-13-12(16)11-7-17-8-14-11/h7-10H,3-6H2,1-2H3,(H,13,16). The first-order valence-corrected chi connectivity index (χ1v) is 7.01. The van der Waals surface area contributed by atoms with Crippen LogP contribution in [0.3, 0.4) is 0 Å². The summed E-state index contributed by atoms with van der Waals surface area (Å²) in [5.41, 5.74) is 2.22. The van der Waals surface area contributed by atoms with Gasteiger partial charge in [0, 0.05) is 24.5 Å². The maximum absolute atomic E-state index is 11.7. The molecule has 0 bridgehead atoms. The van der Waals surface area contributed by atoms with Gasteiger partial charge in [-0.1, -0.05) is 0 Å². The second kappa shape index (κ2) is 5.60. The van der Waals surface area contributed by atoms with E-state index in [1.54, 1.807) is 10.9 Å². The lowest BCUT2D eigenvalue weighted by molar-refractivity contribution is 0.0943. The molecule has 5 heteroatoms. The van der Waals surface area contributed by atoms with Crippen molar-refractivity contribution >= 4 is 17.2 Å². The van der Waals surface area contributed by atoms with Crippen LogP contribution in [0.15, 0.2) is 10.9 Å². The number of amides is 1. The van der Waals surface area contributed by atoms with Crippen LogP contribution in [0.5, 0.6) is 0 Å². The zero-order chi connectivity index (χ0) is 12.3. The van der Waals surface area contributed by atoms with E-state index in [4.69, 9.17) is 0 Å². The van der Waals surface area contributed by atoms with E-state index in [0.717, 1.165) is 19.6 Å². The van der Waals surface area contributed by atoms with Gasteiger partial charge in [-0.25, -0.2) is 4.98 Å². The Balaban J connectivity index is 1.75. The van der Waals surface area contributed by atoms with Crippen molar-refractivity contribution in [2.24, 2.45) is 5.92 Å². The lowest BCUT2D eigenvalue weighted by atomic mass is 10.1. The number of hydrogen-bond acceptors (Lipinski definition) is 4. The van der Waals surface area contributed by atoms with Gasteiger partial charge in [0.1, 0.15) is 5.69 Å². The first kappa shape index (κ1) is 12.5. The molecule has 0 spiro atoms. The summed E-state index contributed by atoms with van der Waals surface area (Å²) < 4.78 is 0. The molecule has 1 fully saturated rings. The Morgan fingerprint density at radius 1 is 1.71 bits per heavy atom. The number of nitrogens with one attached hydrogen (secondary N) is 1. The Labute approximate surface area is 106 Å². The number of thiazole rings is 1. The van der Waals surface area contributed by atoms with Crippen LogP contribution < -0.4 is 5.32 Å². The van der Waals surface area contributed by atoms with Gasteiger partial charge in [0.25, 0.3) is 5.91 Å². The van der Waals surface area contributed by atoms with E-state index in [-0.39, 0.29) is 5.91 Å². The summed E-state index contributed by atoms with van der Waals surface area (Å²) in [6.07, 6.45) is 1.18. The number of rotatable bonds is 4. The van der Waals surface area contributed by atoms with Crippen LogP contribution in [0.25, 0.3) is 0 Å². The van der Waals surface area contributed by atoms with Crippen LogP contribution in [0, 0.1) is 5.92 Å². The summed E-state index contributed by atoms with van der Waals surface area (Å²) in [4.78, 5) is 18.2. The van der Waals surface area contributed by atoms with E-state index in [1.807, 2.05) is 0 Å². The average Bonchev–Trinajstić information content (AvgIpc) is 2.97. The molecule has 1 amide bonds. The molecule has 4 nitrogen and oxygen atoms in total. The molecule has 0 aliphatic carbocycles. The largest absolute Gasteiger partial charge is 0.350 e. The molecule has 0 radical (unpaired) electrons. The molecule has 2 rings (SSSR count). The normalized spacial score (nSPS) is 21.0. The highest BCUT2D eigenvalue weighted by molar-refractivity contribution is 7.07. The molecule has 0 saturated carbocycles. The Kier molecular flexibility index (Phi) is 4.12. The van der Waals surface area contributed by atoms with Gasteiger partial charge in [-0.05, 0) is 32.7 Å². The van der Waals surface area contributed by atoms with Gasteiger partial charge in [-0.3, -0.25) is 4.79 Å². The maximum atomic E-state index is 11.7. The fourth-order valence-corrected chi connectivity index (χ4v) is 2.68. The zero-order valence-corrected chi connectivity index (χ0v) is 11.2. The van der Waals surface area contributed by atoms with Gasteiger partial charge in [-0.2, -0.15) is 0 Å². The topological polar surface area (TPSA) is 45.2 Å². The van der Waals surface area contributed by atoms with Gasteiger partial charge in [0.15, 0.2) is 0 Å². The summed E-state index contributed by atoms with van der Waals surface area (Å²) in [6.45, 7) is 7.44. The Morgan fingerprint density at radius 2 is 2.53 bits per heavy atom. The van der Waals surface area contributed by atoms with Crippen molar-refractivity contribution in [3.05, 3.63) is 16.6 Å². The Bertz CT molecular complexity index is 364. The summed E-state index contributed by atoms with van der Waals surface area (Å²) >= 11 is 1.45. The monoisotopic (exact) mass is 253 g/mol. The third-order valence-electron chi connectivity index (χ3n) is 3.26. The fraction of sp³-hybridized carbons (Fsp3) is 0.667. The molecule has 94 valence electrons. The predicted octanol–water partition coefficient (Wildman–Crippen LogP) is 1.60. The van der Waals surface area contributed by atoms with Crippen molar-refractivity contribution in [3.8, 4) is 0 Å². The van der Waals surface area contributed by atoms with E-state index in [9.17, 15) is 4.79 Å². The van der Waals surface area contributed by atoms with Crippen molar-refractivity contribution in [3.63, 3.8) is 0 Å². The Hall–Kier alpha value is -0.940. The lowest BCUT2D eigenvalue weighted by Crippen LogP contribution is -2.33. The first-order chi connectivity index (χ1) is 8.16. The van der Waals surface area contributed by atoms with E-state index in [1.165, 1.54) is 17.8 Å². The summed E-state index contributed by atoms with van der Waals surface area (Å²) in [6, 6.07) is 0.606. The van der Waals surface area contributed by atoms with Crippen molar-refractivity contribution < 1.29 is 4.79 Å². The van der Waals surface area contributed by atoms with Gasteiger partial charge < -0.3 is 10.2 Å². The molecule has 1 aliphatic rings. The summed E-state index contributed by atoms with van der Waals surface area (Å²) in [7, 11) is 0. The van der Waals surface area contributed by atoms with E-state index in [0.29, 0.717) is 17.7 Å². The molecule has 17 heavy (non-hydrogen) atoms. The van der Waals surface area contributed by atoms with E-state index < -0.39 is 0 Å². The molecular formula is C12H19N3OS. The van der Waals surface area contributed by atoms with Crippen LogP contribution in [-0.4, -0.2) is 41.5 Å². The molecular weight excluding hydrogens is 234 g/mol. The minimum atomic E-state index is -0.0470. The predicted molar refractivity (Wildman–Crippen MR) is 69.3 cm³/mol. The Morgan fingerprint density at radius 3 is 3.12 bits per heavy atom. The van der Waals surface area contributed by atoms with Crippen LogP contribution >= 0.6 is 11.3 Å². The number of hydrogen-bond donors (Lipinski definition) is 1. The molecule has 2 heterocycles.